The Bertz CT molecular complexity index is 1210. The molecule has 0 saturated heterocycles. The summed E-state index contributed by atoms with van der Waals surface area (Å²) in [6.45, 7) is 16.5. The van der Waals surface area contributed by atoms with E-state index in [1.54, 1.807) is 0 Å². The number of hydrogen-bond acceptors (Lipinski definition) is 5. The van der Waals surface area contributed by atoms with Crippen molar-refractivity contribution in [1.82, 2.24) is 5.16 Å². The molecule has 37 heavy (non-hydrogen) atoms. The van der Waals surface area contributed by atoms with Crippen LogP contribution in [0, 0.1) is 44.8 Å². The van der Waals surface area contributed by atoms with Crippen LogP contribution in [0.1, 0.15) is 105 Å². The number of methoxy groups -OCH3 is 1. The van der Waals surface area contributed by atoms with E-state index < -0.39 is 5.41 Å². The van der Waals surface area contributed by atoms with Crippen LogP contribution in [0.5, 0.6) is 0 Å². The minimum atomic E-state index is -0.531. The molecule has 0 bridgehead atoms. The first-order valence-corrected chi connectivity index (χ1v) is 14.5. The summed E-state index contributed by atoms with van der Waals surface area (Å²) in [5.74, 6) is 1.46. The largest absolute Gasteiger partial charge is 0.469 e. The van der Waals surface area contributed by atoms with Crippen molar-refractivity contribution in [2.75, 3.05) is 7.11 Å². The molecule has 3 saturated carbocycles. The fourth-order valence-electron chi connectivity index (χ4n) is 10.9. The maximum absolute atomic E-state index is 14.5. The van der Waals surface area contributed by atoms with Gasteiger partial charge in [-0.3, -0.25) is 9.59 Å². The zero-order valence-corrected chi connectivity index (χ0v) is 24.1. The third kappa shape index (κ3) is 2.95. The lowest BCUT2D eigenvalue weighted by Crippen LogP contribution is -2.66. The molecule has 1 aromatic rings. The number of carbonyl (C=O) groups excluding carboxylic acids is 2. The van der Waals surface area contributed by atoms with Gasteiger partial charge in [0.05, 0.1) is 18.7 Å². The van der Waals surface area contributed by atoms with Gasteiger partial charge in [0.1, 0.15) is 5.76 Å². The fraction of sp³-hybridized carbons (Fsp3) is 0.781. The molecule has 1 aromatic heterocycles. The first kappa shape index (κ1) is 25.4. The summed E-state index contributed by atoms with van der Waals surface area (Å²) < 4.78 is 11.2. The van der Waals surface area contributed by atoms with E-state index in [1.165, 1.54) is 18.2 Å². The summed E-state index contributed by atoms with van der Waals surface area (Å²) in [6, 6.07) is 0. The molecular weight excluding hydrogens is 462 g/mol. The number of carbonyl (C=O) groups is 2. The number of rotatable bonds is 1. The van der Waals surface area contributed by atoms with Gasteiger partial charge in [-0.15, -0.1) is 0 Å². The summed E-state index contributed by atoms with van der Waals surface area (Å²) in [5.41, 5.74) is 1.59. The molecule has 5 nitrogen and oxygen atoms in total. The van der Waals surface area contributed by atoms with Gasteiger partial charge in [-0.2, -0.15) is 0 Å². The van der Waals surface area contributed by atoms with Crippen molar-refractivity contribution in [2.24, 2.45) is 44.8 Å². The maximum atomic E-state index is 14.5. The Hall–Kier alpha value is -1.91. The second-order valence-corrected chi connectivity index (χ2v) is 15.4. The van der Waals surface area contributed by atoms with Crippen LogP contribution in [0.25, 0.3) is 0 Å². The van der Waals surface area contributed by atoms with Crippen molar-refractivity contribution >= 4 is 11.8 Å². The Morgan fingerprint density at radius 3 is 2.43 bits per heavy atom. The minimum Gasteiger partial charge on any atom is -0.469 e. The normalized spacial score (nSPS) is 45.4. The van der Waals surface area contributed by atoms with Crippen LogP contribution < -0.4 is 0 Å². The molecule has 7 atom stereocenters. The number of aromatic nitrogens is 1. The number of allylic oxidation sites excluding steroid dienone is 2. The van der Waals surface area contributed by atoms with Gasteiger partial charge in [-0.25, -0.2) is 0 Å². The third-order valence-corrected chi connectivity index (χ3v) is 12.9. The molecule has 5 heteroatoms. The molecule has 5 aliphatic carbocycles. The molecule has 1 heterocycles. The predicted octanol–water partition coefficient (Wildman–Crippen LogP) is 6.84. The summed E-state index contributed by atoms with van der Waals surface area (Å²) in [4.78, 5) is 27.9. The number of nitrogens with zero attached hydrogens (tertiary/aromatic N) is 1. The van der Waals surface area contributed by atoms with Crippen LogP contribution in [0.3, 0.4) is 0 Å². The minimum absolute atomic E-state index is 0.0302. The number of fused-ring (bicyclic) bond motifs is 8. The van der Waals surface area contributed by atoms with Crippen molar-refractivity contribution in [2.45, 2.75) is 105 Å². The standard InChI is InChI=1S/C32H45NO4/c1-27(2)11-13-32(26(35)36-8)14-12-31(7)24(20(32)17-27)21(34)15-23-29(5)16-19-18-33-37-25(19)28(3,4)22(29)9-10-30(23,31)6/h15,18,20,22,24H,9-14,16-17H2,1-8H3/t20-,22-,24-,29-,30+,31+,32-/m0/s1. The monoisotopic (exact) mass is 507 g/mol. The molecule has 6 rings (SSSR count). The maximum Gasteiger partial charge on any atom is 0.312 e. The highest BCUT2D eigenvalue weighted by Gasteiger charge is 2.71. The van der Waals surface area contributed by atoms with Crippen LogP contribution in [-0.2, 0) is 26.2 Å². The van der Waals surface area contributed by atoms with Gasteiger partial charge < -0.3 is 9.26 Å². The summed E-state index contributed by atoms with van der Waals surface area (Å²) in [6.07, 6.45) is 11.5. The predicted molar refractivity (Wildman–Crippen MR) is 142 cm³/mol. The highest BCUT2D eigenvalue weighted by atomic mass is 16.5. The van der Waals surface area contributed by atoms with Crippen molar-refractivity contribution in [1.29, 1.82) is 0 Å². The third-order valence-electron chi connectivity index (χ3n) is 12.9. The highest BCUT2D eigenvalue weighted by Crippen LogP contribution is 2.74. The van der Waals surface area contributed by atoms with Crippen molar-refractivity contribution in [3.8, 4) is 0 Å². The summed E-state index contributed by atoms with van der Waals surface area (Å²) in [7, 11) is 1.52. The van der Waals surface area contributed by atoms with Crippen LogP contribution in [0.15, 0.2) is 22.4 Å². The number of hydrogen-bond donors (Lipinski definition) is 0. The lowest BCUT2D eigenvalue weighted by Gasteiger charge is -2.69. The van der Waals surface area contributed by atoms with Crippen LogP contribution in [-0.4, -0.2) is 24.0 Å². The average molecular weight is 508 g/mol. The van der Waals surface area contributed by atoms with Gasteiger partial charge in [-0.05, 0) is 90.9 Å². The van der Waals surface area contributed by atoms with Gasteiger partial charge in [0.25, 0.3) is 0 Å². The Morgan fingerprint density at radius 1 is 1.03 bits per heavy atom. The zero-order chi connectivity index (χ0) is 26.8. The molecule has 0 radical (unpaired) electrons. The van der Waals surface area contributed by atoms with E-state index in [4.69, 9.17) is 9.26 Å². The number of esters is 1. The van der Waals surface area contributed by atoms with Crippen molar-refractivity contribution in [3.05, 3.63) is 29.2 Å². The van der Waals surface area contributed by atoms with E-state index in [1.807, 2.05) is 6.20 Å². The average Bonchev–Trinajstić information content (AvgIpc) is 3.28. The van der Waals surface area contributed by atoms with Gasteiger partial charge in [-0.1, -0.05) is 59.2 Å². The zero-order valence-electron chi connectivity index (χ0n) is 24.1. The molecule has 0 amide bonds. The van der Waals surface area contributed by atoms with E-state index in [0.29, 0.717) is 5.92 Å². The Morgan fingerprint density at radius 2 is 1.73 bits per heavy atom. The van der Waals surface area contributed by atoms with Gasteiger partial charge in [0, 0.05) is 16.9 Å². The van der Waals surface area contributed by atoms with E-state index in [9.17, 15) is 9.59 Å². The lowest BCUT2D eigenvalue weighted by molar-refractivity contribution is -0.191. The van der Waals surface area contributed by atoms with Gasteiger partial charge in [0.2, 0.25) is 0 Å². The summed E-state index contributed by atoms with van der Waals surface area (Å²) >= 11 is 0. The molecule has 202 valence electrons. The van der Waals surface area contributed by atoms with Crippen molar-refractivity contribution < 1.29 is 18.8 Å². The molecule has 3 fully saturated rings. The molecule has 0 unspecified atom stereocenters. The molecule has 0 N–H and O–H groups in total. The fourth-order valence-corrected chi connectivity index (χ4v) is 10.9. The number of ketones is 1. The smallest absolute Gasteiger partial charge is 0.312 e. The second kappa shape index (κ2) is 7.39. The SMILES string of the molecule is COC(=O)[C@]12CCC(C)(C)C[C@H]1[C@H]1C(=O)C=C3[C@@]4(C)Cc5cnoc5C(C)(C)[C@@H]4CC[C@@]3(C)[C@]1(C)CC2. The second-order valence-electron chi connectivity index (χ2n) is 15.4. The molecule has 0 aromatic carbocycles. The summed E-state index contributed by atoms with van der Waals surface area (Å²) in [5, 5.41) is 4.19. The molecule has 0 spiro atoms. The topological polar surface area (TPSA) is 69.4 Å². The first-order valence-electron chi connectivity index (χ1n) is 14.5. The first-order chi connectivity index (χ1) is 17.2. The number of ether oxygens (including phenoxy) is 1. The lowest BCUT2D eigenvalue weighted by atomic mass is 9.34. The van der Waals surface area contributed by atoms with E-state index in [2.05, 4.69) is 59.7 Å². The van der Waals surface area contributed by atoms with Gasteiger partial charge >= 0.3 is 5.97 Å². The Labute approximate surface area is 222 Å². The Balaban J connectivity index is 1.51. The molecular formula is C32H45NO4. The van der Waals surface area contributed by atoms with E-state index in [0.717, 1.165) is 57.1 Å². The quantitative estimate of drug-likeness (QED) is 0.389. The Kier molecular flexibility index (Phi) is 5.06. The van der Waals surface area contributed by atoms with Crippen LogP contribution >= 0.6 is 0 Å². The molecule has 5 aliphatic rings. The van der Waals surface area contributed by atoms with Crippen LogP contribution in [0.2, 0.25) is 0 Å². The van der Waals surface area contributed by atoms with Crippen molar-refractivity contribution in [3.63, 3.8) is 0 Å². The van der Waals surface area contributed by atoms with Crippen LogP contribution in [0.4, 0.5) is 0 Å². The van der Waals surface area contributed by atoms with E-state index >= 15 is 0 Å². The molecule has 0 aliphatic heterocycles. The van der Waals surface area contributed by atoms with E-state index in [-0.39, 0.29) is 50.7 Å². The van der Waals surface area contributed by atoms with Gasteiger partial charge in [0.15, 0.2) is 5.78 Å². The highest BCUT2D eigenvalue weighted by molar-refractivity contribution is 5.96.